The van der Waals surface area contributed by atoms with E-state index in [1.165, 1.54) is 0 Å². The quantitative estimate of drug-likeness (QED) is 0.806. The van der Waals surface area contributed by atoms with Gasteiger partial charge in [-0.1, -0.05) is 6.92 Å². The van der Waals surface area contributed by atoms with Crippen molar-refractivity contribution in [3.05, 3.63) is 18.0 Å². The van der Waals surface area contributed by atoms with Gasteiger partial charge in [-0.25, -0.2) is 0 Å². The van der Waals surface area contributed by atoms with Crippen LogP contribution >= 0.6 is 0 Å². The highest BCUT2D eigenvalue weighted by atomic mass is 16.5. The van der Waals surface area contributed by atoms with Gasteiger partial charge in [0.2, 0.25) is 0 Å². The number of hydrogen-bond donors (Lipinski definition) is 1. The van der Waals surface area contributed by atoms with E-state index in [4.69, 9.17) is 4.74 Å². The van der Waals surface area contributed by atoms with E-state index in [0.717, 1.165) is 25.3 Å². The molecule has 1 N–H and O–H groups in total. The number of ether oxygens (including phenoxy) is 1. The number of aliphatic hydroxyl groups is 1. The maximum Gasteiger partial charge on any atom is 0.0964 e. The first-order chi connectivity index (χ1) is 8.19. The molecule has 5 heteroatoms. The van der Waals surface area contributed by atoms with Crippen molar-refractivity contribution in [2.75, 3.05) is 26.2 Å². The lowest BCUT2D eigenvalue weighted by molar-refractivity contribution is -0.0870. The van der Waals surface area contributed by atoms with Gasteiger partial charge in [0.1, 0.15) is 0 Å². The highest BCUT2D eigenvalue weighted by Gasteiger charge is 2.26. The maximum atomic E-state index is 10.1. The summed E-state index contributed by atoms with van der Waals surface area (Å²) in [5.41, 5.74) is 0.914. The lowest BCUT2D eigenvalue weighted by Gasteiger charge is -2.34. The molecule has 5 nitrogen and oxygen atoms in total. The van der Waals surface area contributed by atoms with Gasteiger partial charge < -0.3 is 9.84 Å². The molecule has 1 aromatic heterocycles. The minimum Gasteiger partial charge on any atom is -0.390 e. The first-order valence-corrected chi connectivity index (χ1v) is 6.19. The van der Waals surface area contributed by atoms with Crippen molar-refractivity contribution in [1.82, 2.24) is 14.7 Å². The number of aryl methyl sites for hydroxylation is 1. The fraction of sp³-hybridized carbons (Fsp3) is 0.750. The number of rotatable bonds is 4. The Morgan fingerprint density at radius 1 is 1.65 bits per heavy atom. The van der Waals surface area contributed by atoms with Crippen LogP contribution in [0.2, 0.25) is 0 Å². The molecule has 0 spiro atoms. The minimum absolute atomic E-state index is 0.0919. The Morgan fingerprint density at radius 2 is 2.47 bits per heavy atom. The van der Waals surface area contributed by atoms with Gasteiger partial charge in [-0.3, -0.25) is 9.58 Å². The van der Waals surface area contributed by atoms with Crippen molar-refractivity contribution >= 4 is 0 Å². The van der Waals surface area contributed by atoms with E-state index in [-0.39, 0.29) is 6.10 Å². The number of likely N-dealkylation sites (N-methyl/N-ethyl adjacent to an activating group) is 1. The Balaban J connectivity index is 1.88. The summed E-state index contributed by atoms with van der Waals surface area (Å²) in [5.74, 6) is 0. The van der Waals surface area contributed by atoms with Crippen LogP contribution in [0.3, 0.4) is 0 Å². The average molecular weight is 239 g/mol. The maximum absolute atomic E-state index is 10.1. The van der Waals surface area contributed by atoms with Crippen molar-refractivity contribution in [3.63, 3.8) is 0 Å². The van der Waals surface area contributed by atoms with E-state index in [0.29, 0.717) is 13.0 Å². The van der Waals surface area contributed by atoms with Gasteiger partial charge in [-0.05, 0) is 12.6 Å². The van der Waals surface area contributed by atoms with Crippen molar-refractivity contribution in [1.29, 1.82) is 0 Å². The van der Waals surface area contributed by atoms with E-state index in [1.807, 2.05) is 19.3 Å². The molecule has 0 bridgehead atoms. The number of nitrogens with zero attached hydrogens (tertiary/aromatic N) is 3. The lowest BCUT2D eigenvalue weighted by atomic mass is 10.1. The predicted octanol–water partition coefficient (Wildman–Crippen LogP) is 0.0442. The molecule has 0 saturated carbocycles. The second-order valence-electron chi connectivity index (χ2n) is 4.55. The van der Waals surface area contributed by atoms with Crippen molar-refractivity contribution in [2.24, 2.45) is 7.05 Å². The third-order valence-electron chi connectivity index (χ3n) is 3.24. The molecule has 2 atom stereocenters. The normalized spacial score (nSPS) is 23.8. The SMILES string of the molecule is CCN1CCOC(C(O)Cc2ccn(C)n2)C1. The van der Waals surface area contributed by atoms with Crippen LogP contribution in [0.5, 0.6) is 0 Å². The molecule has 2 heterocycles. The predicted molar refractivity (Wildman–Crippen MR) is 64.8 cm³/mol. The molecule has 0 amide bonds. The molecule has 0 radical (unpaired) electrons. The highest BCUT2D eigenvalue weighted by molar-refractivity contribution is 5.01. The molecule has 1 aromatic rings. The molecule has 2 rings (SSSR count). The fourth-order valence-electron chi connectivity index (χ4n) is 2.17. The number of aliphatic hydroxyl groups excluding tert-OH is 1. The summed E-state index contributed by atoms with van der Waals surface area (Å²) in [6, 6.07) is 1.93. The zero-order valence-electron chi connectivity index (χ0n) is 10.5. The van der Waals surface area contributed by atoms with Crippen molar-refractivity contribution < 1.29 is 9.84 Å². The largest absolute Gasteiger partial charge is 0.390 e. The topological polar surface area (TPSA) is 50.5 Å². The summed E-state index contributed by atoms with van der Waals surface area (Å²) in [4.78, 5) is 2.30. The summed E-state index contributed by atoms with van der Waals surface area (Å²) < 4.78 is 7.38. The monoisotopic (exact) mass is 239 g/mol. The molecule has 17 heavy (non-hydrogen) atoms. The molecule has 1 aliphatic heterocycles. The summed E-state index contributed by atoms with van der Waals surface area (Å²) in [5, 5.41) is 14.4. The van der Waals surface area contributed by atoms with Crippen LogP contribution in [0.1, 0.15) is 12.6 Å². The fourth-order valence-corrected chi connectivity index (χ4v) is 2.17. The molecule has 96 valence electrons. The van der Waals surface area contributed by atoms with Gasteiger partial charge in [-0.2, -0.15) is 5.10 Å². The second-order valence-corrected chi connectivity index (χ2v) is 4.55. The van der Waals surface area contributed by atoms with Gasteiger partial charge in [0.25, 0.3) is 0 Å². The van der Waals surface area contributed by atoms with E-state index >= 15 is 0 Å². The number of hydrogen-bond acceptors (Lipinski definition) is 4. The Kier molecular flexibility index (Phi) is 4.15. The van der Waals surface area contributed by atoms with Crippen LogP contribution in [-0.4, -0.2) is 58.2 Å². The van der Waals surface area contributed by atoms with E-state index in [2.05, 4.69) is 16.9 Å². The summed E-state index contributed by atoms with van der Waals surface area (Å²) in [6.45, 7) is 5.62. The Labute approximate surface area is 102 Å². The van der Waals surface area contributed by atoms with Gasteiger partial charge in [0, 0.05) is 32.8 Å². The third-order valence-corrected chi connectivity index (χ3v) is 3.24. The Morgan fingerprint density at radius 3 is 3.12 bits per heavy atom. The second kappa shape index (κ2) is 5.62. The zero-order chi connectivity index (χ0) is 12.3. The minimum atomic E-state index is -0.473. The Hall–Kier alpha value is -0.910. The molecule has 1 fully saturated rings. The zero-order valence-corrected chi connectivity index (χ0v) is 10.5. The first-order valence-electron chi connectivity index (χ1n) is 6.19. The van der Waals surface area contributed by atoms with E-state index in [9.17, 15) is 5.11 Å². The standard InChI is InChI=1S/C12H21N3O2/c1-3-15-6-7-17-12(9-15)11(16)8-10-4-5-14(2)13-10/h4-5,11-12,16H,3,6-9H2,1-2H3. The molecule has 0 aromatic carbocycles. The van der Waals surface area contributed by atoms with E-state index in [1.54, 1.807) is 4.68 Å². The molecule has 0 aliphatic carbocycles. The van der Waals surface area contributed by atoms with Crippen LogP contribution < -0.4 is 0 Å². The van der Waals surface area contributed by atoms with Crippen LogP contribution in [-0.2, 0) is 18.2 Å². The Bertz CT molecular complexity index is 353. The summed E-state index contributed by atoms with van der Waals surface area (Å²) >= 11 is 0. The summed E-state index contributed by atoms with van der Waals surface area (Å²) in [6.07, 6.45) is 1.88. The molecular formula is C12H21N3O2. The van der Waals surface area contributed by atoms with Crippen LogP contribution in [0.15, 0.2) is 12.3 Å². The highest BCUT2D eigenvalue weighted by Crippen LogP contribution is 2.12. The summed E-state index contributed by atoms with van der Waals surface area (Å²) in [7, 11) is 1.88. The first kappa shape index (κ1) is 12.5. The van der Waals surface area contributed by atoms with Gasteiger partial charge in [-0.15, -0.1) is 0 Å². The molecule has 1 saturated heterocycles. The number of aromatic nitrogens is 2. The third kappa shape index (κ3) is 3.28. The van der Waals surface area contributed by atoms with E-state index < -0.39 is 6.10 Å². The van der Waals surface area contributed by atoms with Crippen molar-refractivity contribution in [2.45, 2.75) is 25.6 Å². The smallest absolute Gasteiger partial charge is 0.0964 e. The van der Waals surface area contributed by atoms with Crippen molar-refractivity contribution in [3.8, 4) is 0 Å². The molecular weight excluding hydrogens is 218 g/mol. The lowest BCUT2D eigenvalue weighted by Crippen LogP contribution is -2.48. The van der Waals surface area contributed by atoms with Gasteiger partial charge >= 0.3 is 0 Å². The van der Waals surface area contributed by atoms with Crippen LogP contribution in [0.25, 0.3) is 0 Å². The number of morpholine rings is 1. The van der Waals surface area contributed by atoms with Crippen LogP contribution in [0.4, 0.5) is 0 Å². The van der Waals surface area contributed by atoms with Crippen LogP contribution in [0, 0.1) is 0 Å². The molecule has 1 aliphatic rings. The average Bonchev–Trinajstić information content (AvgIpc) is 2.75. The van der Waals surface area contributed by atoms with Gasteiger partial charge in [0.05, 0.1) is 24.5 Å². The van der Waals surface area contributed by atoms with Gasteiger partial charge in [0.15, 0.2) is 0 Å². The molecule has 2 unspecified atom stereocenters.